The lowest BCUT2D eigenvalue weighted by atomic mass is 10.1. The summed E-state index contributed by atoms with van der Waals surface area (Å²) in [7, 11) is 3.06. The standard InChI is InChI=1S/C25H26N2O5S/c1-16-21(25(29)27-9-11-32-12-10-27)24(33-22(16)17-7-5-4-6-8-17)26-23(28)18-13-19(30-2)15-20(14-18)31-3/h4-8,13-15H,9-12H2,1-3H3,(H,26,28). The number of amides is 2. The average Bonchev–Trinajstić information content (AvgIpc) is 3.19. The van der Waals surface area contributed by atoms with Gasteiger partial charge in [-0.15, -0.1) is 11.3 Å². The Morgan fingerprint density at radius 3 is 2.24 bits per heavy atom. The molecule has 0 saturated carbocycles. The van der Waals surface area contributed by atoms with E-state index >= 15 is 0 Å². The lowest BCUT2D eigenvalue weighted by Crippen LogP contribution is -2.41. The molecule has 1 fully saturated rings. The minimum atomic E-state index is -0.343. The molecule has 2 amide bonds. The first-order valence-electron chi connectivity index (χ1n) is 10.6. The smallest absolute Gasteiger partial charge is 0.257 e. The van der Waals surface area contributed by atoms with Gasteiger partial charge in [-0.2, -0.15) is 0 Å². The number of rotatable bonds is 6. The molecule has 172 valence electrons. The van der Waals surface area contributed by atoms with Gasteiger partial charge < -0.3 is 24.4 Å². The lowest BCUT2D eigenvalue weighted by Gasteiger charge is -2.27. The van der Waals surface area contributed by atoms with E-state index in [4.69, 9.17) is 14.2 Å². The van der Waals surface area contributed by atoms with Crippen molar-refractivity contribution in [3.8, 4) is 21.9 Å². The summed E-state index contributed by atoms with van der Waals surface area (Å²) in [4.78, 5) is 29.4. The van der Waals surface area contributed by atoms with Crippen LogP contribution < -0.4 is 14.8 Å². The molecule has 2 heterocycles. The van der Waals surface area contributed by atoms with Crippen LogP contribution in [0.15, 0.2) is 48.5 Å². The molecule has 0 aliphatic carbocycles. The van der Waals surface area contributed by atoms with Crippen LogP contribution in [-0.2, 0) is 4.74 Å². The molecule has 1 aliphatic heterocycles. The number of methoxy groups -OCH3 is 2. The highest BCUT2D eigenvalue weighted by Gasteiger charge is 2.28. The van der Waals surface area contributed by atoms with E-state index in [0.29, 0.717) is 53.9 Å². The second kappa shape index (κ2) is 10.1. The highest BCUT2D eigenvalue weighted by molar-refractivity contribution is 7.20. The first-order chi connectivity index (χ1) is 16.0. The van der Waals surface area contributed by atoms with Crippen molar-refractivity contribution in [2.45, 2.75) is 6.92 Å². The monoisotopic (exact) mass is 466 g/mol. The van der Waals surface area contributed by atoms with E-state index in [1.807, 2.05) is 37.3 Å². The number of morpholine rings is 1. The minimum absolute atomic E-state index is 0.104. The first kappa shape index (κ1) is 22.8. The third-order valence-corrected chi connectivity index (χ3v) is 6.79. The van der Waals surface area contributed by atoms with Crippen LogP contribution >= 0.6 is 11.3 Å². The third kappa shape index (κ3) is 4.86. The van der Waals surface area contributed by atoms with Crippen LogP contribution in [0.3, 0.4) is 0 Å². The zero-order valence-electron chi connectivity index (χ0n) is 18.8. The van der Waals surface area contributed by atoms with Gasteiger partial charge in [-0.3, -0.25) is 9.59 Å². The molecule has 33 heavy (non-hydrogen) atoms. The molecule has 0 radical (unpaired) electrons. The highest BCUT2D eigenvalue weighted by atomic mass is 32.1. The number of hydrogen-bond acceptors (Lipinski definition) is 6. The van der Waals surface area contributed by atoms with Gasteiger partial charge in [0.15, 0.2) is 0 Å². The SMILES string of the molecule is COc1cc(OC)cc(C(=O)Nc2sc(-c3ccccc3)c(C)c2C(=O)N2CCOCC2)c1. The van der Waals surface area contributed by atoms with Crippen LogP contribution in [-0.4, -0.2) is 57.2 Å². The molecule has 1 aliphatic rings. The molecule has 0 atom stereocenters. The van der Waals surface area contributed by atoms with E-state index in [1.54, 1.807) is 23.1 Å². The molecule has 1 N–H and O–H groups in total. The fraction of sp³-hybridized carbons (Fsp3) is 0.280. The number of thiophene rings is 1. The molecule has 8 heteroatoms. The average molecular weight is 467 g/mol. The van der Waals surface area contributed by atoms with Crippen LogP contribution in [0.5, 0.6) is 11.5 Å². The number of anilines is 1. The molecule has 0 spiro atoms. The van der Waals surface area contributed by atoms with Crippen LogP contribution in [0.1, 0.15) is 26.3 Å². The first-order valence-corrected chi connectivity index (χ1v) is 11.4. The van der Waals surface area contributed by atoms with Gasteiger partial charge in [-0.25, -0.2) is 0 Å². The van der Waals surface area contributed by atoms with E-state index in [9.17, 15) is 9.59 Å². The Kier molecular flexibility index (Phi) is 6.96. The molecule has 3 aromatic rings. The van der Waals surface area contributed by atoms with Gasteiger partial charge in [0.1, 0.15) is 16.5 Å². The van der Waals surface area contributed by atoms with Gasteiger partial charge in [-0.05, 0) is 30.2 Å². The predicted octanol–water partition coefficient (Wildman–Crippen LogP) is 4.47. The summed E-state index contributed by atoms with van der Waals surface area (Å²) in [5, 5.41) is 3.49. The molecule has 2 aromatic carbocycles. The lowest BCUT2D eigenvalue weighted by molar-refractivity contribution is 0.0303. The number of carbonyl (C=O) groups is 2. The molecule has 0 bridgehead atoms. The Morgan fingerprint density at radius 2 is 1.64 bits per heavy atom. The van der Waals surface area contributed by atoms with Gasteiger partial charge in [-0.1, -0.05) is 30.3 Å². The Labute approximate surface area is 196 Å². The van der Waals surface area contributed by atoms with Gasteiger partial charge in [0.2, 0.25) is 0 Å². The topological polar surface area (TPSA) is 77.1 Å². The third-order valence-electron chi connectivity index (χ3n) is 5.54. The predicted molar refractivity (Wildman–Crippen MR) is 129 cm³/mol. The summed E-state index contributed by atoms with van der Waals surface area (Å²) in [6.45, 7) is 3.98. The normalized spacial score (nSPS) is 13.5. The second-order valence-corrected chi connectivity index (χ2v) is 8.61. The number of benzene rings is 2. The van der Waals surface area contributed by atoms with Gasteiger partial charge >= 0.3 is 0 Å². The van der Waals surface area contributed by atoms with Crippen molar-refractivity contribution in [2.75, 3.05) is 45.8 Å². The maximum atomic E-state index is 13.5. The number of nitrogens with zero attached hydrogens (tertiary/aromatic N) is 1. The van der Waals surface area contributed by atoms with Crippen molar-refractivity contribution < 1.29 is 23.8 Å². The van der Waals surface area contributed by atoms with Crippen molar-refractivity contribution in [1.29, 1.82) is 0 Å². The Hall–Kier alpha value is -3.36. The summed E-state index contributed by atoms with van der Waals surface area (Å²) < 4.78 is 16.0. The number of hydrogen-bond donors (Lipinski definition) is 1. The van der Waals surface area contributed by atoms with Crippen molar-refractivity contribution in [3.05, 3.63) is 65.2 Å². The summed E-state index contributed by atoms with van der Waals surface area (Å²) in [5.41, 5.74) is 2.74. The number of nitrogens with one attached hydrogen (secondary N) is 1. The molecule has 1 saturated heterocycles. The maximum Gasteiger partial charge on any atom is 0.257 e. The molecule has 7 nitrogen and oxygen atoms in total. The molecular formula is C25H26N2O5S. The van der Waals surface area contributed by atoms with Crippen LogP contribution in [0.4, 0.5) is 5.00 Å². The van der Waals surface area contributed by atoms with Gasteiger partial charge in [0.25, 0.3) is 11.8 Å². The van der Waals surface area contributed by atoms with E-state index < -0.39 is 0 Å². The fourth-order valence-corrected chi connectivity index (χ4v) is 4.96. The highest BCUT2D eigenvalue weighted by Crippen LogP contribution is 2.41. The zero-order valence-corrected chi connectivity index (χ0v) is 19.7. The quantitative estimate of drug-likeness (QED) is 0.580. The van der Waals surface area contributed by atoms with Crippen molar-refractivity contribution >= 4 is 28.2 Å². The Morgan fingerprint density at radius 1 is 1.00 bits per heavy atom. The van der Waals surface area contributed by atoms with Crippen LogP contribution in [0, 0.1) is 6.92 Å². The van der Waals surface area contributed by atoms with Crippen molar-refractivity contribution in [2.24, 2.45) is 0 Å². The van der Waals surface area contributed by atoms with E-state index in [1.165, 1.54) is 25.6 Å². The maximum absolute atomic E-state index is 13.5. The zero-order chi connectivity index (χ0) is 23.4. The van der Waals surface area contributed by atoms with Gasteiger partial charge in [0.05, 0.1) is 33.0 Å². The minimum Gasteiger partial charge on any atom is -0.497 e. The molecule has 0 unspecified atom stereocenters. The Balaban J connectivity index is 1.73. The second-order valence-electron chi connectivity index (χ2n) is 7.59. The van der Waals surface area contributed by atoms with Crippen molar-refractivity contribution in [3.63, 3.8) is 0 Å². The summed E-state index contributed by atoms with van der Waals surface area (Å²) >= 11 is 1.40. The molecule has 4 rings (SSSR count). The van der Waals surface area contributed by atoms with Crippen LogP contribution in [0.2, 0.25) is 0 Å². The molecule has 1 aromatic heterocycles. The fourth-order valence-electron chi connectivity index (χ4n) is 3.76. The van der Waals surface area contributed by atoms with Crippen LogP contribution in [0.25, 0.3) is 10.4 Å². The van der Waals surface area contributed by atoms with E-state index in [-0.39, 0.29) is 11.8 Å². The van der Waals surface area contributed by atoms with E-state index in [0.717, 1.165) is 16.0 Å². The Bertz CT molecular complexity index is 1130. The van der Waals surface area contributed by atoms with Gasteiger partial charge in [0, 0.05) is 29.6 Å². The summed E-state index contributed by atoms with van der Waals surface area (Å²) in [5.74, 6) is 0.574. The number of ether oxygens (including phenoxy) is 3. The summed E-state index contributed by atoms with van der Waals surface area (Å²) in [6.07, 6.45) is 0. The number of carbonyl (C=O) groups excluding carboxylic acids is 2. The molecular weight excluding hydrogens is 440 g/mol. The van der Waals surface area contributed by atoms with Crippen molar-refractivity contribution in [1.82, 2.24) is 4.90 Å². The largest absolute Gasteiger partial charge is 0.497 e. The summed E-state index contributed by atoms with van der Waals surface area (Å²) in [6, 6.07) is 14.8. The van der Waals surface area contributed by atoms with E-state index in [2.05, 4.69) is 5.32 Å².